The Bertz CT molecular complexity index is 1200. The Hall–Kier alpha value is -3.56. The quantitative estimate of drug-likeness (QED) is 0.487. The van der Waals surface area contributed by atoms with Crippen LogP contribution in [0.15, 0.2) is 61.1 Å². The van der Waals surface area contributed by atoms with Gasteiger partial charge in [-0.05, 0) is 49.4 Å². The van der Waals surface area contributed by atoms with E-state index < -0.39 is 0 Å². The summed E-state index contributed by atoms with van der Waals surface area (Å²) in [5.74, 6) is 1.77. The van der Waals surface area contributed by atoms with Gasteiger partial charge in [-0.3, -0.25) is 0 Å². The highest BCUT2D eigenvalue weighted by Crippen LogP contribution is 2.33. The van der Waals surface area contributed by atoms with Gasteiger partial charge in [0.25, 0.3) is 0 Å². The number of rotatable bonds is 5. The molecule has 0 saturated heterocycles. The second-order valence-corrected chi connectivity index (χ2v) is 6.48. The zero-order valence-electron chi connectivity index (χ0n) is 15.1. The number of nitriles is 1. The minimum absolute atomic E-state index is 0.448. The first-order valence-electron chi connectivity index (χ1n) is 8.72. The van der Waals surface area contributed by atoms with E-state index in [1.54, 1.807) is 36.4 Å². The first-order valence-corrected chi connectivity index (χ1v) is 9.10. The molecule has 4 rings (SSSR count). The molecule has 0 aliphatic rings. The van der Waals surface area contributed by atoms with Crippen LogP contribution >= 0.6 is 11.6 Å². The molecule has 0 unspecified atom stereocenters. The van der Waals surface area contributed by atoms with E-state index in [-0.39, 0.29) is 0 Å². The van der Waals surface area contributed by atoms with E-state index in [0.29, 0.717) is 27.9 Å². The van der Waals surface area contributed by atoms with Crippen molar-refractivity contribution in [2.75, 3.05) is 5.32 Å². The van der Waals surface area contributed by atoms with Gasteiger partial charge in [-0.25, -0.2) is 9.97 Å². The average Bonchev–Trinajstić information content (AvgIpc) is 3.14. The number of nitrogens with zero attached hydrogens (tertiary/aromatic N) is 4. The fourth-order valence-electron chi connectivity index (χ4n) is 2.94. The highest BCUT2D eigenvalue weighted by atomic mass is 35.5. The van der Waals surface area contributed by atoms with Crippen LogP contribution in [0.3, 0.4) is 0 Å². The number of aromatic nitrogens is 3. The lowest BCUT2D eigenvalue weighted by Gasteiger charge is -2.12. The second kappa shape index (κ2) is 7.59. The van der Waals surface area contributed by atoms with Gasteiger partial charge in [-0.15, -0.1) is 0 Å². The van der Waals surface area contributed by atoms with Crippen LogP contribution in [0.5, 0.6) is 11.5 Å². The predicted molar refractivity (Wildman–Crippen MR) is 109 cm³/mol. The van der Waals surface area contributed by atoms with Crippen molar-refractivity contribution in [3.63, 3.8) is 0 Å². The summed E-state index contributed by atoms with van der Waals surface area (Å²) in [6.07, 6.45) is 3.52. The van der Waals surface area contributed by atoms with Crippen LogP contribution in [0.25, 0.3) is 11.0 Å². The smallest absolute Gasteiger partial charge is 0.158 e. The van der Waals surface area contributed by atoms with Gasteiger partial charge in [-0.2, -0.15) is 5.26 Å². The summed E-state index contributed by atoms with van der Waals surface area (Å²) in [5.41, 5.74) is 3.13. The molecule has 2 heterocycles. The van der Waals surface area contributed by atoms with Gasteiger partial charge in [0, 0.05) is 18.4 Å². The molecule has 7 heteroatoms. The van der Waals surface area contributed by atoms with Gasteiger partial charge >= 0.3 is 0 Å². The second-order valence-electron chi connectivity index (χ2n) is 6.07. The number of ether oxygens (including phenoxy) is 1. The molecule has 2 aromatic carbocycles. The van der Waals surface area contributed by atoms with E-state index in [0.717, 1.165) is 23.3 Å². The normalized spacial score (nSPS) is 10.6. The molecule has 0 spiro atoms. The Balaban J connectivity index is 1.60. The summed E-state index contributed by atoms with van der Waals surface area (Å²) in [7, 11) is 0. The number of benzene rings is 2. The van der Waals surface area contributed by atoms with Gasteiger partial charge in [0.05, 0.1) is 22.2 Å². The van der Waals surface area contributed by atoms with Crippen LogP contribution < -0.4 is 10.1 Å². The fraction of sp³-hybridized carbons (Fsp3) is 0.0952. The summed E-state index contributed by atoms with van der Waals surface area (Å²) in [6, 6.07) is 16.4. The SMILES string of the molecule is CCn1ccc2ncnc(Nc3ccc(Oc4cccc(C#N)c4)c(Cl)c3)c21. The largest absolute Gasteiger partial charge is 0.456 e. The van der Waals surface area contributed by atoms with Crippen molar-refractivity contribution in [3.05, 3.63) is 71.6 Å². The van der Waals surface area contributed by atoms with E-state index in [2.05, 4.69) is 32.8 Å². The van der Waals surface area contributed by atoms with Gasteiger partial charge in [0.15, 0.2) is 5.82 Å². The maximum atomic E-state index is 9.00. The number of nitrogens with one attached hydrogen (secondary N) is 1. The topological polar surface area (TPSA) is 75.8 Å². The number of halogens is 1. The number of hydrogen-bond acceptors (Lipinski definition) is 5. The first kappa shape index (κ1) is 17.8. The van der Waals surface area contributed by atoms with Crippen molar-refractivity contribution in [1.82, 2.24) is 14.5 Å². The molecule has 2 aromatic heterocycles. The van der Waals surface area contributed by atoms with Crippen molar-refractivity contribution >= 4 is 34.1 Å². The maximum absolute atomic E-state index is 9.00. The van der Waals surface area contributed by atoms with Crippen LogP contribution in [-0.4, -0.2) is 14.5 Å². The molecule has 0 atom stereocenters. The van der Waals surface area contributed by atoms with Gasteiger partial charge < -0.3 is 14.6 Å². The lowest BCUT2D eigenvalue weighted by Crippen LogP contribution is -2.00. The van der Waals surface area contributed by atoms with Gasteiger partial charge in [0.2, 0.25) is 0 Å². The van der Waals surface area contributed by atoms with Crippen LogP contribution in [0, 0.1) is 11.3 Å². The Labute approximate surface area is 167 Å². The van der Waals surface area contributed by atoms with E-state index in [1.165, 1.54) is 6.33 Å². The maximum Gasteiger partial charge on any atom is 0.158 e. The molecular formula is C21H16ClN5O. The minimum Gasteiger partial charge on any atom is -0.456 e. The lowest BCUT2D eigenvalue weighted by molar-refractivity contribution is 0.483. The van der Waals surface area contributed by atoms with E-state index >= 15 is 0 Å². The Morgan fingerprint density at radius 2 is 2.07 bits per heavy atom. The number of anilines is 2. The van der Waals surface area contributed by atoms with Crippen molar-refractivity contribution < 1.29 is 4.74 Å². The summed E-state index contributed by atoms with van der Waals surface area (Å²) in [5, 5.41) is 12.8. The van der Waals surface area contributed by atoms with Gasteiger partial charge in [-0.1, -0.05) is 17.7 Å². The Morgan fingerprint density at radius 3 is 2.86 bits per heavy atom. The summed E-state index contributed by atoms with van der Waals surface area (Å²) in [4.78, 5) is 8.68. The fourth-order valence-corrected chi connectivity index (χ4v) is 3.16. The third-order valence-electron chi connectivity index (χ3n) is 4.28. The van der Waals surface area contributed by atoms with Gasteiger partial charge in [0.1, 0.15) is 23.3 Å². The molecule has 6 nitrogen and oxygen atoms in total. The molecule has 4 aromatic rings. The van der Waals surface area contributed by atoms with Crippen LogP contribution in [0.4, 0.5) is 11.5 Å². The van der Waals surface area contributed by atoms with Crippen LogP contribution in [0.1, 0.15) is 12.5 Å². The molecule has 28 heavy (non-hydrogen) atoms. The summed E-state index contributed by atoms with van der Waals surface area (Å²) in [6.45, 7) is 2.89. The number of aryl methyl sites for hydroxylation is 1. The number of fused-ring (bicyclic) bond motifs is 1. The molecular weight excluding hydrogens is 374 g/mol. The average molecular weight is 390 g/mol. The van der Waals surface area contributed by atoms with Crippen molar-refractivity contribution in [3.8, 4) is 17.6 Å². The van der Waals surface area contributed by atoms with E-state index in [4.69, 9.17) is 21.6 Å². The summed E-state index contributed by atoms with van der Waals surface area (Å²) < 4.78 is 7.89. The highest BCUT2D eigenvalue weighted by Gasteiger charge is 2.10. The zero-order valence-corrected chi connectivity index (χ0v) is 15.8. The molecule has 0 saturated carbocycles. The summed E-state index contributed by atoms with van der Waals surface area (Å²) >= 11 is 6.41. The molecule has 0 fully saturated rings. The third kappa shape index (κ3) is 3.48. The highest BCUT2D eigenvalue weighted by molar-refractivity contribution is 6.32. The standard InChI is InChI=1S/C21H16ClN5O/c1-2-27-9-8-18-20(27)21(25-13-24-18)26-15-6-7-19(17(22)11-15)28-16-5-3-4-14(10-16)12-23/h3-11,13H,2H2,1H3,(H,24,25,26). The molecule has 0 aliphatic heterocycles. The third-order valence-corrected chi connectivity index (χ3v) is 4.57. The monoisotopic (exact) mass is 389 g/mol. The molecule has 1 N–H and O–H groups in total. The van der Waals surface area contributed by atoms with Crippen LogP contribution in [-0.2, 0) is 6.54 Å². The molecule has 138 valence electrons. The number of hydrogen-bond donors (Lipinski definition) is 1. The molecule has 0 amide bonds. The van der Waals surface area contributed by atoms with Crippen molar-refractivity contribution in [2.24, 2.45) is 0 Å². The lowest BCUT2D eigenvalue weighted by atomic mass is 10.2. The predicted octanol–water partition coefficient (Wildman–Crippen LogP) is 5.51. The first-order chi connectivity index (χ1) is 13.7. The molecule has 0 aliphatic carbocycles. The van der Waals surface area contributed by atoms with Crippen molar-refractivity contribution in [1.29, 1.82) is 5.26 Å². The molecule has 0 bridgehead atoms. The van der Waals surface area contributed by atoms with E-state index in [9.17, 15) is 0 Å². The Morgan fingerprint density at radius 1 is 1.18 bits per heavy atom. The Kier molecular flexibility index (Phi) is 4.83. The minimum atomic E-state index is 0.448. The van der Waals surface area contributed by atoms with Crippen molar-refractivity contribution in [2.45, 2.75) is 13.5 Å². The molecule has 0 radical (unpaired) electrons. The van der Waals surface area contributed by atoms with Crippen LogP contribution in [0.2, 0.25) is 5.02 Å². The van der Waals surface area contributed by atoms with E-state index in [1.807, 2.05) is 18.3 Å². The zero-order chi connectivity index (χ0) is 19.5.